The Morgan fingerprint density at radius 1 is 0.337 bits per heavy atom. The van der Waals surface area contributed by atoms with Crippen LogP contribution in [0.4, 0.5) is 0 Å². The molecule has 2 unspecified atom stereocenters. The van der Waals surface area contributed by atoms with E-state index in [2.05, 4.69) is 98.9 Å². The summed E-state index contributed by atoms with van der Waals surface area (Å²) in [5, 5.41) is 0. The average molecular weight is 1310 g/mol. The molecule has 0 bridgehead atoms. The molecule has 536 valence electrons. The minimum Gasteiger partial charge on any atom is -0.462 e. The fourth-order valence-corrected chi connectivity index (χ4v) is 12.5. The van der Waals surface area contributed by atoms with Gasteiger partial charge in [0.25, 0.3) is 0 Å². The second-order valence-electron chi connectivity index (χ2n) is 26.6. The van der Waals surface area contributed by atoms with E-state index in [-0.39, 0.29) is 38.6 Å². The Morgan fingerprint density at radius 2 is 0.598 bits per heavy atom. The molecule has 0 aliphatic carbocycles. The molecule has 0 amide bonds. The zero-order valence-corrected chi connectivity index (χ0v) is 61.4. The molecule has 9 nitrogen and oxygen atoms in total. The summed E-state index contributed by atoms with van der Waals surface area (Å²) < 4.78 is 33.3. The summed E-state index contributed by atoms with van der Waals surface area (Å²) in [6.07, 6.45) is 104. The third-order valence-corrected chi connectivity index (χ3v) is 18.5. The van der Waals surface area contributed by atoms with Gasteiger partial charge in [-0.15, -0.1) is 0 Å². The highest BCUT2D eigenvalue weighted by atomic mass is 31.2. The van der Waals surface area contributed by atoms with Gasteiger partial charge in [-0.1, -0.05) is 394 Å². The molecule has 0 spiro atoms. The quantitative estimate of drug-likeness (QED) is 0.0264. The van der Waals surface area contributed by atoms with Gasteiger partial charge in [-0.25, -0.2) is 4.57 Å². The number of phosphoric ester groups is 1. The van der Waals surface area contributed by atoms with E-state index in [1.807, 2.05) is 0 Å². The Labute approximate surface area is 570 Å². The molecule has 92 heavy (non-hydrogen) atoms. The van der Waals surface area contributed by atoms with Crippen LogP contribution >= 0.6 is 7.82 Å². The molecular weight excluding hydrogens is 1160 g/mol. The predicted octanol–water partition coefficient (Wildman–Crippen LogP) is 26.5. The highest BCUT2D eigenvalue weighted by Gasteiger charge is 2.26. The van der Waals surface area contributed by atoms with E-state index < -0.39 is 26.5 Å². The molecule has 2 atom stereocenters. The van der Waals surface area contributed by atoms with Gasteiger partial charge in [0.05, 0.1) is 13.2 Å². The van der Waals surface area contributed by atoms with Crippen molar-refractivity contribution in [1.29, 1.82) is 0 Å². The number of carbonyl (C=O) groups excluding carboxylic acids is 2. The van der Waals surface area contributed by atoms with E-state index in [4.69, 9.17) is 24.3 Å². The first kappa shape index (κ1) is 89.2. The van der Waals surface area contributed by atoms with Crippen molar-refractivity contribution >= 4 is 19.8 Å². The van der Waals surface area contributed by atoms with Gasteiger partial charge in [-0.3, -0.25) is 18.6 Å². The van der Waals surface area contributed by atoms with Crippen molar-refractivity contribution in [1.82, 2.24) is 0 Å². The maximum Gasteiger partial charge on any atom is 0.472 e. The Kier molecular flexibility index (Phi) is 74.8. The zero-order chi connectivity index (χ0) is 66.5. The minimum atomic E-state index is -4.40. The Hall–Kier alpha value is -2.81. The van der Waals surface area contributed by atoms with Crippen molar-refractivity contribution in [3.63, 3.8) is 0 Å². The molecule has 0 aromatic carbocycles. The lowest BCUT2D eigenvalue weighted by Crippen LogP contribution is -2.29. The first-order valence-electron chi connectivity index (χ1n) is 39.6. The topological polar surface area (TPSA) is 134 Å². The predicted molar refractivity (Wildman–Crippen MR) is 399 cm³/mol. The standard InChI is InChI=1S/C82H150NO8P/c1-3-5-7-9-11-13-15-17-19-21-23-25-27-29-31-33-35-37-38-39-40-41-42-43-45-47-49-51-53-55-57-59-61-63-65-67-69-71-73-75-82(85)91-80(79-90-92(86,87)89-77-76-83)78-88-81(84)74-72-70-68-66-64-62-60-58-56-54-52-50-48-46-44-36-34-32-30-28-26-24-22-20-18-16-14-12-10-8-6-4-2/h5,7,11,13,17,19,23,25,29,31,35,37,39-40,80H,3-4,6,8-10,12,14-16,18,20-22,24,26-28,30,32-34,36,38,41-79,83H2,1-2H3,(H,86,87)/b7-5-,13-11-,19-17-,25-23-,31-29-,37-35-,40-39-. The molecular formula is C82H150NO8P. The summed E-state index contributed by atoms with van der Waals surface area (Å²) in [5.41, 5.74) is 5.41. The molecule has 0 fully saturated rings. The van der Waals surface area contributed by atoms with Crippen LogP contribution < -0.4 is 5.73 Å². The maximum absolute atomic E-state index is 12.8. The van der Waals surface area contributed by atoms with Crippen LogP contribution in [0, 0.1) is 0 Å². The van der Waals surface area contributed by atoms with Crippen molar-refractivity contribution in [2.24, 2.45) is 5.73 Å². The molecule has 0 rings (SSSR count). The molecule has 0 saturated carbocycles. The number of esters is 2. The molecule has 0 aromatic rings. The monoisotopic (exact) mass is 1310 g/mol. The van der Waals surface area contributed by atoms with Crippen molar-refractivity contribution in [2.75, 3.05) is 26.4 Å². The van der Waals surface area contributed by atoms with Crippen LogP contribution in [-0.4, -0.2) is 49.3 Å². The van der Waals surface area contributed by atoms with E-state index in [0.717, 1.165) is 83.5 Å². The zero-order valence-electron chi connectivity index (χ0n) is 60.5. The van der Waals surface area contributed by atoms with Crippen LogP contribution in [0.5, 0.6) is 0 Å². The lowest BCUT2D eigenvalue weighted by Gasteiger charge is -2.19. The average Bonchev–Trinajstić information content (AvgIpc) is 3.08. The lowest BCUT2D eigenvalue weighted by molar-refractivity contribution is -0.161. The molecule has 0 saturated heterocycles. The maximum atomic E-state index is 12.8. The molecule has 0 heterocycles. The van der Waals surface area contributed by atoms with Crippen LogP contribution in [0.1, 0.15) is 393 Å². The SMILES string of the molecule is CC/C=C\C/C=C\C/C=C\C/C=C\C/C=C\C/C=C\C/C=C\CCCCCCCCCCCCCCCCCCCC(=O)OC(COC(=O)CCCCCCCCCCCCCCCCCCCCCCCCCCCCCCCCCC)COP(=O)(O)OCCN. The number of hydrogen-bond acceptors (Lipinski definition) is 8. The summed E-state index contributed by atoms with van der Waals surface area (Å²) >= 11 is 0. The molecule has 10 heteroatoms. The largest absolute Gasteiger partial charge is 0.472 e. The van der Waals surface area contributed by atoms with Crippen molar-refractivity contribution in [3.8, 4) is 0 Å². The van der Waals surface area contributed by atoms with E-state index in [9.17, 15) is 19.0 Å². The third-order valence-electron chi connectivity index (χ3n) is 17.5. The summed E-state index contributed by atoms with van der Waals surface area (Å²) in [6.45, 7) is 3.70. The number of allylic oxidation sites excluding steroid dienone is 14. The Balaban J connectivity index is 3.79. The van der Waals surface area contributed by atoms with Gasteiger partial charge in [0.2, 0.25) is 0 Å². The van der Waals surface area contributed by atoms with Crippen LogP contribution in [0.2, 0.25) is 0 Å². The number of ether oxygens (including phenoxy) is 2. The highest BCUT2D eigenvalue weighted by molar-refractivity contribution is 7.47. The van der Waals surface area contributed by atoms with Gasteiger partial charge < -0.3 is 20.1 Å². The van der Waals surface area contributed by atoms with Crippen LogP contribution in [0.15, 0.2) is 85.1 Å². The second-order valence-corrected chi connectivity index (χ2v) is 28.0. The fourth-order valence-electron chi connectivity index (χ4n) is 11.7. The van der Waals surface area contributed by atoms with Crippen molar-refractivity contribution in [3.05, 3.63) is 85.1 Å². The van der Waals surface area contributed by atoms with E-state index >= 15 is 0 Å². The van der Waals surface area contributed by atoms with Gasteiger partial charge in [0.15, 0.2) is 6.10 Å². The second kappa shape index (κ2) is 77.2. The fraction of sp³-hybridized carbons (Fsp3) is 0.805. The molecule has 0 aliphatic heterocycles. The van der Waals surface area contributed by atoms with Gasteiger partial charge in [0, 0.05) is 19.4 Å². The van der Waals surface area contributed by atoms with Gasteiger partial charge >= 0.3 is 19.8 Å². The molecule has 3 N–H and O–H groups in total. The summed E-state index contributed by atoms with van der Waals surface area (Å²) in [7, 11) is -4.40. The van der Waals surface area contributed by atoms with Crippen molar-refractivity contribution < 1.29 is 37.6 Å². The third kappa shape index (κ3) is 76.2. The Bertz CT molecular complexity index is 1790. The smallest absolute Gasteiger partial charge is 0.462 e. The number of unbranched alkanes of at least 4 members (excludes halogenated alkanes) is 48. The number of phosphoric acid groups is 1. The van der Waals surface area contributed by atoms with Crippen LogP contribution in [0.25, 0.3) is 0 Å². The first-order valence-corrected chi connectivity index (χ1v) is 41.1. The van der Waals surface area contributed by atoms with E-state index in [0.29, 0.717) is 6.42 Å². The van der Waals surface area contributed by atoms with Crippen molar-refractivity contribution in [2.45, 2.75) is 399 Å². The van der Waals surface area contributed by atoms with Gasteiger partial charge in [0.1, 0.15) is 6.61 Å². The van der Waals surface area contributed by atoms with Crippen LogP contribution in [0.3, 0.4) is 0 Å². The molecule has 0 aromatic heterocycles. The van der Waals surface area contributed by atoms with Gasteiger partial charge in [-0.2, -0.15) is 0 Å². The van der Waals surface area contributed by atoms with E-state index in [1.54, 1.807) is 0 Å². The lowest BCUT2D eigenvalue weighted by atomic mass is 10.0. The number of rotatable bonds is 75. The number of nitrogens with two attached hydrogens (primary N) is 1. The molecule has 0 radical (unpaired) electrons. The Morgan fingerprint density at radius 3 is 0.891 bits per heavy atom. The molecule has 0 aliphatic rings. The van der Waals surface area contributed by atoms with E-state index in [1.165, 1.54) is 276 Å². The summed E-state index contributed by atoms with van der Waals surface area (Å²) in [4.78, 5) is 35.5. The van der Waals surface area contributed by atoms with Crippen LogP contribution in [-0.2, 0) is 32.7 Å². The highest BCUT2D eigenvalue weighted by Crippen LogP contribution is 2.43. The number of carbonyl (C=O) groups is 2. The first-order chi connectivity index (χ1) is 45.3. The summed E-state index contributed by atoms with van der Waals surface area (Å²) in [6, 6.07) is 0. The number of hydrogen-bond donors (Lipinski definition) is 2. The summed E-state index contributed by atoms with van der Waals surface area (Å²) in [5.74, 6) is -0.808. The normalized spacial score (nSPS) is 13.3. The minimum absolute atomic E-state index is 0.0539. The van der Waals surface area contributed by atoms with Gasteiger partial charge in [-0.05, 0) is 70.6 Å².